The molecule has 0 amide bonds. The Morgan fingerprint density at radius 1 is 0.302 bits per heavy atom. The maximum absolute atomic E-state index is 5.26. The Morgan fingerprint density at radius 3 is 1.55 bits per heavy atom. The van der Waals surface area contributed by atoms with E-state index in [1.165, 1.54) is 27.1 Å². The van der Waals surface area contributed by atoms with Crippen LogP contribution in [0.5, 0.6) is 0 Å². The molecular formula is C49H32N4. The van der Waals surface area contributed by atoms with Crippen LogP contribution in [0.3, 0.4) is 0 Å². The summed E-state index contributed by atoms with van der Waals surface area (Å²) in [5.41, 5.74) is 10.6. The van der Waals surface area contributed by atoms with Crippen molar-refractivity contribution in [3.8, 4) is 62.1 Å². The van der Waals surface area contributed by atoms with E-state index < -0.39 is 0 Å². The van der Waals surface area contributed by atoms with E-state index in [0.717, 1.165) is 50.1 Å². The van der Waals surface area contributed by atoms with Gasteiger partial charge in [-0.05, 0) is 63.4 Å². The van der Waals surface area contributed by atoms with Crippen LogP contribution in [0, 0.1) is 0 Å². The van der Waals surface area contributed by atoms with Crippen LogP contribution >= 0.6 is 0 Å². The van der Waals surface area contributed by atoms with Gasteiger partial charge >= 0.3 is 0 Å². The third-order valence-electron chi connectivity index (χ3n) is 10.0. The first-order valence-electron chi connectivity index (χ1n) is 17.9. The van der Waals surface area contributed by atoms with Crippen LogP contribution in [-0.4, -0.2) is 19.5 Å². The minimum atomic E-state index is 0.622. The molecule has 0 saturated carbocycles. The molecule has 0 atom stereocenters. The van der Waals surface area contributed by atoms with Crippen molar-refractivity contribution in [3.05, 3.63) is 194 Å². The predicted octanol–water partition coefficient (Wildman–Crippen LogP) is 12.5. The van der Waals surface area contributed by atoms with Crippen molar-refractivity contribution >= 4 is 32.6 Å². The quantitative estimate of drug-likeness (QED) is 0.176. The number of hydrogen-bond acceptors (Lipinski definition) is 3. The number of fused-ring (bicyclic) bond motifs is 4. The van der Waals surface area contributed by atoms with Gasteiger partial charge in [0.25, 0.3) is 0 Å². The highest BCUT2D eigenvalue weighted by molar-refractivity contribution is 6.12. The van der Waals surface area contributed by atoms with Crippen molar-refractivity contribution in [1.29, 1.82) is 0 Å². The van der Waals surface area contributed by atoms with E-state index in [-0.39, 0.29) is 0 Å². The Labute approximate surface area is 307 Å². The summed E-state index contributed by atoms with van der Waals surface area (Å²) in [5, 5.41) is 4.78. The summed E-state index contributed by atoms with van der Waals surface area (Å²) in [7, 11) is 0. The lowest BCUT2D eigenvalue weighted by Gasteiger charge is -2.14. The van der Waals surface area contributed by atoms with E-state index in [4.69, 9.17) is 15.0 Å². The third-order valence-corrected chi connectivity index (χ3v) is 10.0. The molecule has 0 aliphatic heterocycles. The first-order valence-corrected chi connectivity index (χ1v) is 17.9. The van der Waals surface area contributed by atoms with Crippen molar-refractivity contribution in [2.75, 3.05) is 0 Å². The van der Waals surface area contributed by atoms with Gasteiger partial charge in [0, 0.05) is 33.2 Å². The lowest BCUT2D eigenvalue weighted by atomic mass is 9.96. The van der Waals surface area contributed by atoms with Gasteiger partial charge < -0.3 is 4.57 Å². The molecule has 10 aromatic rings. The normalized spacial score (nSPS) is 11.4. The summed E-state index contributed by atoms with van der Waals surface area (Å²) in [5.74, 6) is 1.88. The molecule has 0 aliphatic rings. The molecule has 4 nitrogen and oxygen atoms in total. The SMILES string of the molecule is c1ccc(-c2ccc(-c3nc(-c4ccccc4)nc(-c4cc5c(cc4-c4ccccc4)c4ccccc4n5-c4ccc5ccccc5c4)n3)cc2)cc1. The molecule has 0 bridgehead atoms. The van der Waals surface area contributed by atoms with Crippen LogP contribution in [0.15, 0.2) is 194 Å². The number of nitrogens with zero attached hydrogens (tertiary/aromatic N) is 4. The number of para-hydroxylation sites is 1. The highest BCUT2D eigenvalue weighted by Gasteiger charge is 2.21. The molecule has 0 N–H and O–H groups in total. The molecule has 8 aromatic carbocycles. The smallest absolute Gasteiger partial charge is 0.164 e. The number of benzene rings is 8. The zero-order chi connectivity index (χ0) is 35.1. The molecule has 0 fully saturated rings. The Bertz CT molecular complexity index is 2910. The maximum atomic E-state index is 5.26. The minimum Gasteiger partial charge on any atom is -0.309 e. The van der Waals surface area contributed by atoms with Crippen LogP contribution in [-0.2, 0) is 0 Å². The average Bonchev–Trinajstić information content (AvgIpc) is 3.57. The summed E-state index contributed by atoms with van der Waals surface area (Å²) >= 11 is 0. The summed E-state index contributed by atoms with van der Waals surface area (Å²) in [4.78, 5) is 15.6. The van der Waals surface area contributed by atoms with Crippen LogP contribution < -0.4 is 0 Å². The van der Waals surface area contributed by atoms with Gasteiger partial charge in [-0.2, -0.15) is 0 Å². The Kier molecular flexibility index (Phi) is 7.43. The molecular weight excluding hydrogens is 645 g/mol. The van der Waals surface area contributed by atoms with Gasteiger partial charge in [-0.3, -0.25) is 0 Å². The topological polar surface area (TPSA) is 43.6 Å². The first kappa shape index (κ1) is 30.6. The van der Waals surface area contributed by atoms with E-state index in [9.17, 15) is 0 Å². The van der Waals surface area contributed by atoms with Crippen molar-refractivity contribution in [2.24, 2.45) is 0 Å². The molecule has 2 heterocycles. The molecule has 0 unspecified atom stereocenters. The van der Waals surface area contributed by atoms with Crippen molar-refractivity contribution in [3.63, 3.8) is 0 Å². The zero-order valence-corrected chi connectivity index (χ0v) is 28.8. The summed E-state index contributed by atoms with van der Waals surface area (Å²) in [6.45, 7) is 0. The molecule has 4 heteroatoms. The van der Waals surface area contributed by atoms with Gasteiger partial charge in [0.15, 0.2) is 17.5 Å². The molecule has 0 spiro atoms. The zero-order valence-electron chi connectivity index (χ0n) is 28.8. The lowest BCUT2D eigenvalue weighted by Crippen LogP contribution is -2.02. The first-order chi connectivity index (χ1) is 26.3. The Balaban J connectivity index is 1.24. The van der Waals surface area contributed by atoms with E-state index in [2.05, 4.69) is 174 Å². The molecule has 0 aliphatic carbocycles. The van der Waals surface area contributed by atoms with Crippen molar-refractivity contribution < 1.29 is 0 Å². The fourth-order valence-corrected chi connectivity index (χ4v) is 7.43. The molecule has 0 saturated heterocycles. The number of rotatable bonds is 6. The Morgan fingerprint density at radius 2 is 0.830 bits per heavy atom. The monoisotopic (exact) mass is 676 g/mol. The largest absolute Gasteiger partial charge is 0.309 e. The van der Waals surface area contributed by atoms with E-state index >= 15 is 0 Å². The van der Waals surface area contributed by atoms with Gasteiger partial charge in [0.1, 0.15) is 0 Å². The molecule has 10 rings (SSSR count). The fourth-order valence-electron chi connectivity index (χ4n) is 7.43. The number of hydrogen-bond donors (Lipinski definition) is 0. The summed E-state index contributed by atoms with van der Waals surface area (Å²) in [6.07, 6.45) is 0. The molecule has 2 aromatic heterocycles. The van der Waals surface area contributed by atoms with Gasteiger partial charge in [0.2, 0.25) is 0 Å². The summed E-state index contributed by atoms with van der Waals surface area (Å²) in [6, 6.07) is 68.1. The minimum absolute atomic E-state index is 0.622. The molecule has 53 heavy (non-hydrogen) atoms. The van der Waals surface area contributed by atoms with Crippen LogP contribution in [0.4, 0.5) is 0 Å². The predicted molar refractivity (Wildman–Crippen MR) is 219 cm³/mol. The Hall–Kier alpha value is -7.17. The second-order valence-corrected chi connectivity index (χ2v) is 13.3. The van der Waals surface area contributed by atoms with Crippen LogP contribution in [0.25, 0.3) is 94.7 Å². The molecule has 0 radical (unpaired) electrons. The van der Waals surface area contributed by atoms with Crippen LogP contribution in [0.2, 0.25) is 0 Å². The second-order valence-electron chi connectivity index (χ2n) is 13.3. The third kappa shape index (κ3) is 5.54. The van der Waals surface area contributed by atoms with E-state index in [1.807, 2.05) is 24.3 Å². The lowest BCUT2D eigenvalue weighted by molar-refractivity contribution is 1.07. The highest BCUT2D eigenvalue weighted by Crippen LogP contribution is 2.41. The van der Waals surface area contributed by atoms with Gasteiger partial charge in [-0.25, -0.2) is 15.0 Å². The van der Waals surface area contributed by atoms with Gasteiger partial charge in [0.05, 0.1) is 11.0 Å². The van der Waals surface area contributed by atoms with E-state index in [0.29, 0.717) is 17.5 Å². The van der Waals surface area contributed by atoms with Crippen molar-refractivity contribution in [1.82, 2.24) is 19.5 Å². The number of aromatic nitrogens is 4. The average molecular weight is 677 g/mol. The van der Waals surface area contributed by atoms with Crippen molar-refractivity contribution in [2.45, 2.75) is 0 Å². The van der Waals surface area contributed by atoms with Crippen LogP contribution in [0.1, 0.15) is 0 Å². The van der Waals surface area contributed by atoms with Gasteiger partial charge in [-0.15, -0.1) is 0 Å². The fraction of sp³-hybridized carbons (Fsp3) is 0. The summed E-state index contributed by atoms with van der Waals surface area (Å²) < 4.78 is 2.37. The van der Waals surface area contributed by atoms with Gasteiger partial charge in [-0.1, -0.05) is 164 Å². The standard InChI is InChI=1S/C49H32N4/c1-4-14-33(15-5-1)35-24-26-38(27-25-35)48-50-47(37-19-8-3-9-20-37)51-49(52-48)44-32-46-43(31-42(44)36-17-6-2-7-18-36)41-22-12-13-23-45(41)53(46)40-29-28-34-16-10-11-21-39(34)30-40/h1-32H. The maximum Gasteiger partial charge on any atom is 0.164 e. The highest BCUT2D eigenvalue weighted by atomic mass is 15.0. The van der Waals surface area contributed by atoms with E-state index in [1.54, 1.807) is 0 Å². The second kappa shape index (κ2) is 12.9. The molecule has 248 valence electrons.